The van der Waals surface area contributed by atoms with Gasteiger partial charge in [-0.05, 0) is 20.8 Å². The predicted octanol–water partition coefficient (Wildman–Crippen LogP) is 0.402. The van der Waals surface area contributed by atoms with Gasteiger partial charge in [-0.25, -0.2) is 4.79 Å². The van der Waals surface area contributed by atoms with Crippen LogP contribution in [0.2, 0.25) is 0 Å². The summed E-state index contributed by atoms with van der Waals surface area (Å²) in [5.41, 5.74) is -0.210. The van der Waals surface area contributed by atoms with Crippen molar-refractivity contribution in [3.8, 4) is 0 Å². The van der Waals surface area contributed by atoms with E-state index in [-0.39, 0.29) is 18.6 Å². The zero-order valence-electron chi connectivity index (χ0n) is 11.1. The van der Waals surface area contributed by atoms with Crippen LogP contribution < -0.4 is 10.6 Å². The number of hydrogen-bond donors (Lipinski definition) is 2. The molecule has 1 unspecified atom stereocenters. The van der Waals surface area contributed by atoms with E-state index in [9.17, 15) is 9.59 Å². The van der Waals surface area contributed by atoms with Gasteiger partial charge in [-0.3, -0.25) is 4.79 Å². The molecule has 0 spiro atoms. The van der Waals surface area contributed by atoms with E-state index in [4.69, 9.17) is 9.57 Å². The van der Waals surface area contributed by atoms with Crippen molar-refractivity contribution < 1.29 is 19.2 Å². The van der Waals surface area contributed by atoms with E-state index in [0.717, 1.165) is 0 Å². The number of nitrogens with zero attached hydrogens (tertiary/aromatic N) is 1. The Labute approximate surface area is 106 Å². The summed E-state index contributed by atoms with van der Waals surface area (Å²) < 4.78 is 5.07. The monoisotopic (exact) mass is 257 g/mol. The van der Waals surface area contributed by atoms with Crippen molar-refractivity contribution in [2.24, 2.45) is 5.16 Å². The maximum absolute atomic E-state index is 11.4. The molecule has 0 saturated heterocycles. The van der Waals surface area contributed by atoms with Gasteiger partial charge in [0.15, 0.2) is 6.10 Å². The van der Waals surface area contributed by atoms with Crippen molar-refractivity contribution in [2.75, 3.05) is 13.6 Å². The quantitative estimate of drug-likeness (QED) is 0.766. The molecule has 7 nitrogen and oxygen atoms in total. The molecule has 1 atom stereocenters. The van der Waals surface area contributed by atoms with Crippen LogP contribution in [0.25, 0.3) is 0 Å². The minimum Gasteiger partial charge on any atom is -0.444 e. The minimum atomic E-state index is -0.537. The second kappa shape index (κ2) is 5.70. The van der Waals surface area contributed by atoms with Gasteiger partial charge >= 0.3 is 6.09 Å². The maximum atomic E-state index is 11.4. The van der Waals surface area contributed by atoms with Crippen molar-refractivity contribution in [1.29, 1.82) is 0 Å². The molecule has 1 aliphatic rings. The van der Waals surface area contributed by atoms with E-state index in [1.165, 1.54) is 7.05 Å². The van der Waals surface area contributed by atoms with Gasteiger partial charge in [0.1, 0.15) is 11.3 Å². The molecule has 1 heterocycles. The fourth-order valence-corrected chi connectivity index (χ4v) is 1.33. The Morgan fingerprint density at radius 2 is 2.17 bits per heavy atom. The molecule has 0 aliphatic carbocycles. The molecule has 2 amide bonds. The van der Waals surface area contributed by atoms with Gasteiger partial charge in [0.2, 0.25) is 0 Å². The third kappa shape index (κ3) is 4.60. The zero-order chi connectivity index (χ0) is 13.8. The lowest BCUT2D eigenvalue weighted by molar-refractivity contribution is -0.114. The molecule has 2 N–H and O–H groups in total. The first kappa shape index (κ1) is 14.3. The lowest BCUT2D eigenvalue weighted by Crippen LogP contribution is -2.37. The van der Waals surface area contributed by atoms with E-state index < -0.39 is 11.7 Å². The Balaban J connectivity index is 2.27. The van der Waals surface area contributed by atoms with Crippen LogP contribution in [0, 0.1) is 0 Å². The second-order valence-corrected chi connectivity index (χ2v) is 4.93. The topological polar surface area (TPSA) is 89.0 Å². The molecule has 0 aromatic carbocycles. The molecular formula is C11H19N3O4. The van der Waals surface area contributed by atoms with Crippen LogP contribution in [-0.4, -0.2) is 43.0 Å². The number of carbonyl (C=O) groups excluding carboxylic acids is 2. The van der Waals surface area contributed by atoms with E-state index >= 15 is 0 Å². The highest BCUT2D eigenvalue weighted by Gasteiger charge is 2.26. The van der Waals surface area contributed by atoms with Gasteiger partial charge in [-0.2, -0.15) is 0 Å². The lowest BCUT2D eigenvalue weighted by atomic mass is 10.1. The Kier molecular flexibility index (Phi) is 4.52. The van der Waals surface area contributed by atoms with Gasteiger partial charge in [-0.1, -0.05) is 5.16 Å². The van der Waals surface area contributed by atoms with Crippen molar-refractivity contribution in [3.63, 3.8) is 0 Å². The molecule has 0 aromatic heterocycles. The van der Waals surface area contributed by atoms with Gasteiger partial charge < -0.3 is 20.2 Å². The molecule has 0 bridgehead atoms. The van der Waals surface area contributed by atoms with Crippen LogP contribution >= 0.6 is 0 Å². The van der Waals surface area contributed by atoms with Crippen molar-refractivity contribution in [1.82, 2.24) is 10.6 Å². The van der Waals surface area contributed by atoms with Crippen LogP contribution in [0.1, 0.15) is 27.2 Å². The summed E-state index contributed by atoms with van der Waals surface area (Å²) in [7, 11) is 1.52. The number of nitrogens with one attached hydrogen (secondary N) is 2. The van der Waals surface area contributed by atoms with E-state index in [1.807, 2.05) is 0 Å². The summed E-state index contributed by atoms with van der Waals surface area (Å²) in [6.07, 6.45) is -0.473. The van der Waals surface area contributed by atoms with Crippen LogP contribution in [-0.2, 0) is 14.4 Å². The highest BCUT2D eigenvalue weighted by atomic mass is 16.6. The summed E-state index contributed by atoms with van der Waals surface area (Å²) in [4.78, 5) is 27.7. The van der Waals surface area contributed by atoms with Gasteiger partial charge in [-0.15, -0.1) is 0 Å². The molecule has 0 fully saturated rings. The molecule has 18 heavy (non-hydrogen) atoms. The highest BCUT2D eigenvalue weighted by molar-refractivity contribution is 6.39. The van der Waals surface area contributed by atoms with Gasteiger partial charge in [0, 0.05) is 13.5 Å². The Hall–Kier alpha value is -1.79. The molecule has 7 heteroatoms. The average molecular weight is 257 g/mol. The van der Waals surface area contributed by atoms with Gasteiger partial charge in [0.25, 0.3) is 5.91 Å². The fourth-order valence-electron chi connectivity index (χ4n) is 1.33. The summed E-state index contributed by atoms with van der Waals surface area (Å²) in [5.74, 6) is -0.269. The second-order valence-electron chi connectivity index (χ2n) is 4.93. The van der Waals surface area contributed by atoms with Crippen LogP contribution in [0.5, 0.6) is 0 Å². The highest BCUT2D eigenvalue weighted by Crippen LogP contribution is 2.10. The lowest BCUT2D eigenvalue weighted by Gasteiger charge is -2.20. The third-order valence-corrected chi connectivity index (χ3v) is 2.10. The molecule has 0 saturated carbocycles. The number of ether oxygens (including phenoxy) is 1. The molecule has 1 rings (SSSR count). The summed E-state index contributed by atoms with van der Waals surface area (Å²) in [5, 5.41) is 8.68. The smallest absolute Gasteiger partial charge is 0.407 e. The molecular weight excluding hydrogens is 238 g/mol. The third-order valence-electron chi connectivity index (χ3n) is 2.10. The fraction of sp³-hybridized carbons (Fsp3) is 0.727. The first-order valence-electron chi connectivity index (χ1n) is 5.73. The van der Waals surface area contributed by atoms with Crippen molar-refractivity contribution in [3.05, 3.63) is 0 Å². The predicted molar refractivity (Wildman–Crippen MR) is 65.2 cm³/mol. The van der Waals surface area contributed by atoms with Crippen LogP contribution in [0.15, 0.2) is 5.16 Å². The largest absolute Gasteiger partial charge is 0.444 e. The SMILES string of the molecule is CNC(=O)C1=NOC(CNC(=O)OC(C)(C)C)C1. The average Bonchev–Trinajstić information content (AvgIpc) is 2.71. The number of carbonyl (C=O) groups is 2. The number of oxime groups is 1. The maximum Gasteiger partial charge on any atom is 0.407 e. The molecule has 0 radical (unpaired) electrons. The standard InChI is InChI=1S/C11H19N3O4/c1-11(2,3)17-10(16)13-6-7-5-8(14-18-7)9(15)12-4/h7H,5-6H2,1-4H3,(H,12,15)(H,13,16). The molecule has 102 valence electrons. The molecule has 0 aromatic rings. The van der Waals surface area contributed by atoms with Crippen molar-refractivity contribution >= 4 is 17.7 Å². The summed E-state index contributed by atoms with van der Waals surface area (Å²) in [6, 6.07) is 0. The number of alkyl carbamates (subject to hydrolysis) is 1. The zero-order valence-corrected chi connectivity index (χ0v) is 11.1. The summed E-state index contributed by atoms with van der Waals surface area (Å²) >= 11 is 0. The Morgan fingerprint density at radius 3 is 2.72 bits per heavy atom. The Bertz CT molecular complexity index is 360. The van der Waals surface area contributed by atoms with E-state index in [2.05, 4.69) is 15.8 Å². The van der Waals surface area contributed by atoms with Crippen molar-refractivity contribution in [2.45, 2.75) is 38.9 Å². The van der Waals surface area contributed by atoms with Crippen LogP contribution in [0.3, 0.4) is 0 Å². The van der Waals surface area contributed by atoms with E-state index in [1.54, 1.807) is 20.8 Å². The first-order valence-corrected chi connectivity index (χ1v) is 5.73. The summed E-state index contributed by atoms with van der Waals surface area (Å²) in [6.45, 7) is 5.60. The van der Waals surface area contributed by atoms with E-state index in [0.29, 0.717) is 12.1 Å². The number of hydrogen-bond acceptors (Lipinski definition) is 5. The number of rotatable bonds is 3. The number of amides is 2. The Morgan fingerprint density at radius 1 is 1.50 bits per heavy atom. The van der Waals surface area contributed by atoms with Crippen LogP contribution in [0.4, 0.5) is 4.79 Å². The minimum absolute atomic E-state index is 0.249. The molecule has 1 aliphatic heterocycles. The first-order chi connectivity index (χ1) is 8.31. The normalized spacial score (nSPS) is 18.7. The van der Waals surface area contributed by atoms with Gasteiger partial charge in [0.05, 0.1) is 6.54 Å².